The van der Waals surface area contributed by atoms with Gasteiger partial charge in [0, 0.05) is 0 Å². The minimum atomic E-state index is -1.08. The molecule has 0 heterocycles. The zero-order valence-corrected chi connectivity index (χ0v) is 8.83. The summed E-state index contributed by atoms with van der Waals surface area (Å²) in [5.74, 6) is 0.745. The molecule has 0 fully saturated rings. The van der Waals surface area contributed by atoms with Crippen LogP contribution in [0.15, 0.2) is 18.2 Å². The van der Waals surface area contributed by atoms with E-state index in [-0.39, 0.29) is 6.54 Å². The number of benzene rings is 1. The molecule has 1 atom stereocenters. The lowest BCUT2D eigenvalue weighted by Crippen LogP contribution is -2.29. The Morgan fingerprint density at radius 1 is 1.69 bits per heavy atom. The summed E-state index contributed by atoms with van der Waals surface area (Å²) >= 11 is 0. The lowest BCUT2D eigenvalue weighted by atomic mass is 10.0. The van der Waals surface area contributed by atoms with Gasteiger partial charge in [-0.3, -0.25) is 10.1 Å². The van der Waals surface area contributed by atoms with Gasteiger partial charge < -0.3 is 5.11 Å². The molecule has 16 heavy (non-hydrogen) atoms. The van der Waals surface area contributed by atoms with E-state index >= 15 is 0 Å². The molecule has 0 saturated carbocycles. The third-order valence-electron chi connectivity index (χ3n) is 2.21. The predicted octanol–water partition coefficient (Wildman–Crippen LogP) is 1.48. The summed E-state index contributed by atoms with van der Waals surface area (Å²) in [5, 5.41) is 11.7. The smallest absolute Gasteiger partial charge is 0.325 e. The van der Waals surface area contributed by atoms with Gasteiger partial charge in [0.1, 0.15) is 11.9 Å². The van der Waals surface area contributed by atoms with Gasteiger partial charge in [0.15, 0.2) is 0 Å². The van der Waals surface area contributed by atoms with Crippen molar-refractivity contribution in [1.82, 2.24) is 5.32 Å². The van der Waals surface area contributed by atoms with Gasteiger partial charge in [-0.1, -0.05) is 12.0 Å². The second kappa shape index (κ2) is 5.29. The van der Waals surface area contributed by atoms with Gasteiger partial charge >= 0.3 is 5.97 Å². The third-order valence-corrected chi connectivity index (χ3v) is 2.21. The van der Waals surface area contributed by atoms with E-state index < -0.39 is 17.8 Å². The summed E-state index contributed by atoms with van der Waals surface area (Å²) < 4.78 is 13.0. The van der Waals surface area contributed by atoms with E-state index in [0.29, 0.717) is 11.1 Å². The number of carboxylic acids is 1. The average Bonchev–Trinajstić information content (AvgIpc) is 2.23. The second-order valence-electron chi connectivity index (χ2n) is 3.36. The first-order valence-electron chi connectivity index (χ1n) is 4.72. The molecule has 0 aliphatic heterocycles. The van der Waals surface area contributed by atoms with Crippen LogP contribution in [0, 0.1) is 25.1 Å². The van der Waals surface area contributed by atoms with Crippen LogP contribution in [0.1, 0.15) is 17.2 Å². The van der Waals surface area contributed by atoms with E-state index in [9.17, 15) is 9.18 Å². The second-order valence-corrected chi connectivity index (χ2v) is 3.36. The predicted molar refractivity (Wildman–Crippen MR) is 58.3 cm³/mol. The van der Waals surface area contributed by atoms with Gasteiger partial charge in [-0.05, 0) is 30.2 Å². The lowest BCUT2D eigenvalue weighted by molar-refractivity contribution is -0.139. The minimum Gasteiger partial charge on any atom is -0.480 e. The highest BCUT2D eigenvalue weighted by Crippen LogP contribution is 2.19. The van der Waals surface area contributed by atoms with Crippen LogP contribution in [0.3, 0.4) is 0 Å². The van der Waals surface area contributed by atoms with Gasteiger partial charge in [-0.15, -0.1) is 6.42 Å². The SMILES string of the molecule is C#CCNC(C(=O)O)c1cc(F)ccc1C. The van der Waals surface area contributed by atoms with Crippen molar-refractivity contribution in [1.29, 1.82) is 0 Å². The molecule has 0 aromatic heterocycles. The number of carbonyl (C=O) groups is 1. The van der Waals surface area contributed by atoms with Crippen LogP contribution in [-0.2, 0) is 4.79 Å². The van der Waals surface area contributed by atoms with E-state index in [4.69, 9.17) is 11.5 Å². The Hall–Kier alpha value is -1.86. The Bertz CT molecular complexity index is 437. The van der Waals surface area contributed by atoms with E-state index in [1.807, 2.05) is 0 Å². The zero-order chi connectivity index (χ0) is 12.1. The maximum Gasteiger partial charge on any atom is 0.325 e. The largest absolute Gasteiger partial charge is 0.480 e. The number of nitrogens with one attached hydrogen (secondary N) is 1. The number of terminal acetylenes is 1. The monoisotopic (exact) mass is 221 g/mol. The molecule has 0 bridgehead atoms. The Balaban J connectivity index is 3.06. The molecule has 0 aliphatic carbocycles. The van der Waals surface area contributed by atoms with Crippen molar-refractivity contribution in [3.8, 4) is 12.3 Å². The summed E-state index contributed by atoms with van der Waals surface area (Å²) in [5.41, 5.74) is 1.10. The van der Waals surface area contributed by atoms with E-state index in [2.05, 4.69) is 11.2 Å². The highest BCUT2D eigenvalue weighted by atomic mass is 19.1. The van der Waals surface area contributed by atoms with Crippen molar-refractivity contribution in [2.45, 2.75) is 13.0 Å². The Labute approximate surface area is 93.3 Å². The van der Waals surface area contributed by atoms with Crippen molar-refractivity contribution >= 4 is 5.97 Å². The van der Waals surface area contributed by atoms with Crippen LogP contribution in [-0.4, -0.2) is 17.6 Å². The van der Waals surface area contributed by atoms with Crippen LogP contribution >= 0.6 is 0 Å². The zero-order valence-electron chi connectivity index (χ0n) is 8.83. The number of halogens is 1. The van der Waals surface area contributed by atoms with Gasteiger partial charge in [0.05, 0.1) is 6.54 Å². The Morgan fingerprint density at radius 3 is 2.94 bits per heavy atom. The number of hydrogen-bond acceptors (Lipinski definition) is 2. The van der Waals surface area contributed by atoms with E-state index in [1.165, 1.54) is 18.2 Å². The number of rotatable bonds is 4. The number of aliphatic carboxylic acids is 1. The normalized spacial score (nSPS) is 11.8. The fourth-order valence-corrected chi connectivity index (χ4v) is 1.41. The molecule has 0 saturated heterocycles. The maximum atomic E-state index is 13.0. The first kappa shape index (κ1) is 12.2. The molecule has 0 radical (unpaired) electrons. The number of aryl methyl sites for hydroxylation is 1. The summed E-state index contributed by atoms with van der Waals surface area (Å²) in [4.78, 5) is 11.0. The van der Waals surface area contributed by atoms with Gasteiger partial charge in [-0.2, -0.15) is 0 Å². The highest BCUT2D eigenvalue weighted by molar-refractivity contribution is 5.76. The third kappa shape index (κ3) is 2.81. The van der Waals surface area contributed by atoms with Crippen molar-refractivity contribution < 1.29 is 14.3 Å². The van der Waals surface area contributed by atoms with Gasteiger partial charge in [0.25, 0.3) is 0 Å². The van der Waals surface area contributed by atoms with Gasteiger partial charge in [-0.25, -0.2) is 4.39 Å². The van der Waals surface area contributed by atoms with Crippen LogP contribution < -0.4 is 5.32 Å². The van der Waals surface area contributed by atoms with Crippen LogP contribution in [0.25, 0.3) is 0 Å². The fraction of sp³-hybridized carbons (Fsp3) is 0.250. The molecular weight excluding hydrogens is 209 g/mol. The van der Waals surface area contributed by atoms with Crippen LogP contribution in [0.4, 0.5) is 4.39 Å². The summed E-state index contributed by atoms with van der Waals surface area (Å²) in [7, 11) is 0. The topological polar surface area (TPSA) is 49.3 Å². The number of carboxylic acid groups (broad SMARTS) is 1. The molecule has 2 N–H and O–H groups in total. The summed E-state index contributed by atoms with van der Waals surface area (Å²) in [6.45, 7) is 1.84. The fourth-order valence-electron chi connectivity index (χ4n) is 1.41. The first-order chi connectivity index (χ1) is 7.56. The molecule has 84 valence electrons. The minimum absolute atomic E-state index is 0.118. The van der Waals surface area contributed by atoms with Crippen LogP contribution in [0.5, 0.6) is 0 Å². The van der Waals surface area contributed by atoms with Crippen molar-refractivity contribution in [3.63, 3.8) is 0 Å². The number of hydrogen-bond donors (Lipinski definition) is 2. The molecular formula is C12H12FNO2. The first-order valence-corrected chi connectivity index (χ1v) is 4.72. The molecule has 0 amide bonds. The standard InChI is InChI=1S/C12H12FNO2/c1-3-6-14-11(12(15)16)10-7-9(13)5-4-8(10)2/h1,4-5,7,11,14H,6H2,2H3,(H,15,16). The average molecular weight is 221 g/mol. The molecule has 1 aromatic carbocycles. The molecule has 1 rings (SSSR count). The Kier molecular flexibility index (Phi) is 4.03. The van der Waals surface area contributed by atoms with Crippen molar-refractivity contribution in [3.05, 3.63) is 35.1 Å². The summed E-state index contributed by atoms with van der Waals surface area (Å²) in [6.07, 6.45) is 5.04. The van der Waals surface area contributed by atoms with E-state index in [0.717, 1.165) is 0 Å². The molecule has 3 nitrogen and oxygen atoms in total. The molecule has 4 heteroatoms. The lowest BCUT2D eigenvalue weighted by Gasteiger charge is -2.15. The van der Waals surface area contributed by atoms with Crippen LogP contribution in [0.2, 0.25) is 0 Å². The summed E-state index contributed by atoms with van der Waals surface area (Å²) in [6, 6.07) is 3.06. The molecule has 1 unspecified atom stereocenters. The van der Waals surface area contributed by atoms with Crippen molar-refractivity contribution in [2.24, 2.45) is 0 Å². The maximum absolute atomic E-state index is 13.0. The van der Waals surface area contributed by atoms with E-state index in [1.54, 1.807) is 6.92 Å². The molecule has 0 aliphatic rings. The van der Waals surface area contributed by atoms with Gasteiger partial charge in [0.2, 0.25) is 0 Å². The highest BCUT2D eigenvalue weighted by Gasteiger charge is 2.20. The Morgan fingerprint density at radius 2 is 2.38 bits per heavy atom. The molecule has 1 aromatic rings. The quantitative estimate of drug-likeness (QED) is 0.757. The van der Waals surface area contributed by atoms with Crippen molar-refractivity contribution in [2.75, 3.05) is 6.54 Å². The molecule has 0 spiro atoms.